The summed E-state index contributed by atoms with van der Waals surface area (Å²) < 4.78 is 76.1. The second-order valence-corrected chi connectivity index (χ2v) is 8.10. The number of amides is 2. The third-order valence-corrected chi connectivity index (χ3v) is 5.26. The molecule has 2 aromatic rings. The van der Waals surface area contributed by atoms with Gasteiger partial charge >= 0.3 is 15.6 Å². The van der Waals surface area contributed by atoms with E-state index in [1.165, 1.54) is 18.2 Å². The number of halogens is 3. The van der Waals surface area contributed by atoms with E-state index in [1.54, 1.807) is 12.1 Å². The van der Waals surface area contributed by atoms with Gasteiger partial charge in [-0.3, -0.25) is 9.59 Å². The topological polar surface area (TPSA) is 99.2 Å². The minimum Gasteiger partial charge on any atom is -0.465 e. The first-order valence-corrected chi connectivity index (χ1v) is 10.7. The smallest absolute Gasteiger partial charge is 0.465 e. The van der Waals surface area contributed by atoms with Gasteiger partial charge in [0.25, 0.3) is 11.8 Å². The van der Waals surface area contributed by atoms with E-state index in [0.29, 0.717) is 18.4 Å². The Morgan fingerprint density at radius 2 is 1.74 bits per heavy atom. The van der Waals surface area contributed by atoms with E-state index in [0.717, 1.165) is 6.42 Å². The average molecular weight is 461 g/mol. The van der Waals surface area contributed by atoms with Crippen LogP contribution in [-0.2, 0) is 19.1 Å². The molecule has 2 aromatic carbocycles. The molecular formula is C19H18F3NO7S. The molecule has 0 spiro atoms. The molecule has 0 fully saturated rings. The highest BCUT2D eigenvalue weighted by Gasteiger charge is 2.51. The van der Waals surface area contributed by atoms with Crippen molar-refractivity contribution in [2.45, 2.75) is 38.5 Å². The minimum atomic E-state index is -6.25. The van der Waals surface area contributed by atoms with Crippen LogP contribution in [0, 0.1) is 0 Å². The number of carbonyl (C=O) groups excluding carboxylic acids is 2. The van der Waals surface area contributed by atoms with Gasteiger partial charge in [-0.05, 0) is 30.0 Å². The van der Waals surface area contributed by atoms with Crippen LogP contribution < -0.4 is 4.74 Å². The van der Waals surface area contributed by atoms with Gasteiger partial charge in [-0.2, -0.15) is 21.6 Å². The van der Waals surface area contributed by atoms with E-state index in [1.807, 2.05) is 13.8 Å². The Bertz CT molecular complexity index is 1130. The molecule has 1 atom stereocenters. The lowest BCUT2D eigenvalue weighted by Crippen LogP contribution is -2.44. The third kappa shape index (κ3) is 4.36. The molecule has 2 amide bonds. The molecule has 0 aliphatic carbocycles. The summed E-state index contributed by atoms with van der Waals surface area (Å²) in [6.45, 7) is 4.14. The van der Waals surface area contributed by atoms with E-state index in [-0.39, 0.29) is 22.3 Å². The number of hydrogen-bond acceptors (Lipinski definition) is 7. The Morgan fingerprint density at radius 3 is 2.35 bits per heavy atom. The second-order valence-electron chi connectivity index (χ2n) is 6.58. The van der Waals surface area contributed by atoms with E-state index in [4.69, 9.17) is 9.47 Å². The van der Waals surface area contributed by atoms with Gasteiger partial charge in [0.15, 0.2) is 6.29 Å². The quantitative estimate of drug-likeness (QED) is 0.335. The van der Waals surface area contributed by atoms with Crippen LogP contribution in [0.1, 0.15) is 47.4 Å². The maximum atomic E-state index is 12.8. The predicted octanol–water partition coefficient (Wildman–Crippen LogP) is 3.76. The summed E-state index contributed by atoms with van der Waals surface area (Å²) in [7, 11) is -6.25. The zero-order valence-electron chi connectivity index (χ0n) is 16.4. The highest BCUT2D eigenvalue weighted by atomic mass is 32.2. The highest BCUT2D eigenvalue weighted by Crippen LogP contribution is 2.36. The summed E-state index contributed by atoms with van der Waals surface area (Å²) in [6, 6.07) is 7.00. The number of ether oxygens (including phenoxy) is 2. The van der Waals surface area contributed by atoms with E-state index in [9.17, 15) is 31.2 Å². The molecule has 168 valence electrons. The van der Waals surface area contributed by atoms with Gasteiger partial charge in [0, 0.05) is 11.8 Å². The Labute approximate surface area is 175 Å². The molecule has 31 heavy (non-hydrogen) atoms. The van der Waals surface area contributed by atoms with Crippen molar-refractivity contribution in [2.24, 2.45) is 0 Å². The fourth-order valence-electron chi connectivity index (χ4n) is 2.97. The SMILES string of the molecule is CCCOC(CC)Oc1cc2c3c(cccc3c1)C(=O)N(OS(=O)(=O)C(F)(F)F)C2=O. The Morgan fingerprint density at radius 1 is 1.06 bits per heavy atom. The number of alkyl halides is 3. The van der Waals surface area contributed by atoms with Crippen molar-refractivity contribution in [1.82, 2.24) is 5.06 Å². The van der Waals surface area contributed by atoms with Crippen LogP contribution in [0.2, 0.25) is 0 Å². The monoisotopic (exact) mass is 461 g/mol. The number of nitrogens with zero attached hydrogens (tertiary/aromatic N) is 1. The van der Waals surface area contributed by atoms with Crippen LogP contribution in [-0.4, -0.2) is 43.7 Å². The van der Waals surface area contributed by atoms with Crippen LogP contribution in [0.4, 0.5) is 13.2 Å². The molecule has 0 aromatic heterocycles. The maximum absolute atomic E-state index is 12.8. The maximum Gasteiger partial charge on any atom is 0.525 e. The fraction of sp³-hybridized carbons (Fsp3) is 0.368. The predicted molar refractivity (Wildman–Crippen MR) is 101 cm³/mol. The van der Waals surface area contributed by atoms with Crippen molar-refractivity contribution in [3.8, 4) is 5.75 Å². The largest absolute Gasteiger partial charge is 0.525 e. The Kier molecular flexibility index (Phi) is 6.25. The van der Waals surface area contributed by atoms with E-state index < -0.39 is 38.8 Å². The number of imide groups is 1. The zero-order chi connectivity index (χ0) is 23.0. The normalized spacial score (nSPS) is 15.5. The lowest BCUT2D eigenvalue weighted by molar-refractivity contribution is -0.0815. The van der Waals surface area contributed by atoms with Gasteiger partial charge in [-0.1, -0.05) is 26.0 Å². The molecular weight excluding hydrogens is 443 g/mol. The summed E-state index contributed by atoms with van der Waals surface area (Å²) in [6.07, 6.45) is 0.567. The molecule has 1 aliphatic rings. The van der Waals surface area contributed by atoms with E-state index >= 15 is 0 Å². The van der Waals surface area contributed by atoms with Crippen LogP contribution in [0.15, 0.2) is 30.3 Å². The lowest BCUT2D eigenvalue weighted by atomic mass is 9.95. The molecule has 1 heterocycles. The summed E-state index contributed by atoms with van der Waals surface area (Å²) in [5.41, 5.74) is -6.26. The molecule has 1 unspecified atom stereocenters. The van der Waals surface area contributed by atoms with Gasteiger partial charge in [0.1, 0.15) is 5.75 Å². The van der Waals surface area contributed by atoms with Crippen molar-refractivity contribution in [1.29, 1.82) is 0 Å². The molecule has 8 nitrogen and oxygen atoms in total. The van der Waals surface area contributed by atoms with Gasteiger partial charge in [0.2, 0.25) is 0 Å². The van der Waals surface area contributed by atoms with Crippen molar-refractivity contribution < 1.29 is 44.9 Å². The molecule has 0 saturated heterocycles. The van der Waals surface area contributed by atoms with Crippen LogP contribution in [0.25, 0.3) is 10.8 Å². The molecule has 0 radical (unpaired) electrons. The first kappa shape index (κ1) is 23.0. The summed E-state index contributed by atoms with van der Waals surface area (Å²) in [4.78, 5) is 25.3. The summed E-state index contributed by atoms with van der Waals surface area (Å²) in [5, 5.41) is 0.140. The molecule has 0 saturated carbocycles. The van der Waals surface area contributed by atoms with Crippen LogP contribution in [0.3, 0.4) is 0 Å². The minimum absolute atomic E-state index is 0.150. The standard InChI is InChI=1S/C19H18F3NO7S/c1-3-8-28-15(4-2)29-12-9-11-6-5-7-13-16(11)14(10-12)18(25)23(17(13)24)30-31(26,27)19(20,21)22/h5-7,9-10,15H,3-4,8H2,1-2H3. The number of carbonyl (C=O) groups is 2. The molecule has 0 bridgehead atoms. The highest BCUT2D eigenvalue weighted by molar-refractivity contribution is 7.87. The van der Waals surface area contributed by atoms with Crippen molar-refractivity contribution in [3.63, 3.8) is 0 Å². The zero-order valence-corrected chi connectivity index (χ0v) is 17.2. The van der Waals surface area contributed by atoms with Crippen molar-refractivity contribution in [3.05, 3.63) is 41.5 Å². The van der Waals surface area contributed by atoms with Crippen molar-refractivity contribution >= 4 is 32.7 Å². The first-order chi connectivity index (χ1) is 14.5. The van der Waals surface area contributed by atoms with Crippen LogP contribution in [0.5, 0.6) is 5.75 Å². The second kappa shape index (κ2) is 8.44. The van der Waals surface area contributed by atoms with E-state index in [2.05, 4.69) is 4.28 Å². The summed E-state index contributed by atoms with van der Waals surface area (Å²) in [5.74, 6) is -2.54. The lowest BCUT2D eigenvalue weighted by Gasteiger charge is -2.26. The fourth-order valence-corrected chi connectivity index (χ4v) is 3.39. The number of rotatable bonds is 8. The van der Waals surface area contributed by atoms with Crippen molar-refractivity contribution in [2.75, 3.05) is 6.61 Å². The number of hydrogen-bond donors (Lipinski definition) is 0. The average Bonchev–Trinajstić information content (AvgIpc) is 2.71. The van der Waals surface area contributed by atoms with Gasteiger partial charge in [-0.25, -0.2) is 0 Å². The summed E-state index contributed by atoms with van der Waals surface area (Å²) >= 11 is 0. The van der Waals surface area contributed by atoms with Crippen LogP contribution >= 0.6 is 0 Å². The van der Waals surface area contributed by atoms with Gasteiger partial charge in [0.05, 0.1) is 17.7 Å². The molecule has 3 rings (SSSR count). The molecule has 0 N–H and O–H groups in total. The van der Waals surface area contributed by atoms with Gasteiger partial charge in [-0.15, -0.1) is 9.35 Å². The number of hydroxylamine groups is 2. The van der Waals surface area contributed by atoms with Gasteiger partial charge < -0.3 is 9.47 Å². The Hall–Kier alpha value is -2.70. The molecule has 1 aliphatic heterocycles. The molecule has 12 heteroatoms. The third-order valence-electron chi connectivity index (χ3n) is 4.34. The number of benzene rings is 2. The Balaban J connectivity index is 2.05. The first-order valence-electron chi connectivity index (χ1n) is 9.24.